The lowest BCUT2D eigenvalue weighted by atomic mass is 10.0. The molecule has 0 fully saturated rings. The van der Waals surface area contributed by atoms with Crippen LogP contribution in [0.15, 0.2) is 174 Å². The summed E-state index contributed by atoms with van der Waals surface area (Å²) in [5.41, 5.74) is 20.3. The number of nitrogens with zero attached hydrogens (tertiary/aromatic N) is 2. The van der Waals surface area contributed by atoms with Crippen molar-refractivity contribution in [2.24, 2.45) is 21.6 Å². The van der Waals surface area contributed by atoms with Crippen molar-refractivity contribution in [2.75, 3.05) is 0 Å². The standard InChI is InChI=1S/C34H38N2.C15H17N.CH4/c1-25(2)11-9-13-28-21-29(23-33(22-28)34(35)16-10-12-26(3)4)24-36-27(5)30-17-19-32(20-18-30)31-14-7-6-8-15-31;1-5-7-13(6-2)15-10-8-14(9-11-15)12(3)16-4;/h6-12,14-23,26H,1,13,24,35H2,2-5H3;5-11H,3-4H2,1-2H3;1H4/b11-9-,12-10-,34-16-,36-27?;7-5-,13-6+;. The summed E-state index contributed by atoms with van der Waals surface area (Å²) in [4.78, 5) is 8.73. The molecule has 0 saturated carbocycles. The molecule has 53 heavy (non-hydrogen) atoms. The average Bonchev–Trinajstić information content (AvgIpc) is 3.16. The summed E-state index contributed by atoms with van der Waals surface area (Å²) in [6.45, 7) is 24.3. The maximum Gasteiger partial charge on any atom is 0.0643 e. The van der Waals surface area contributed by atoms with Gasteiger partial charge >= 0.3 is 0 Å². The van der Waals surface area contributed by atoms with Gasteiger partial charge in [-0.05, 0) is 115 Å². The van der Waals surface area contributed by atoms with Crippen LogP contribution in [0.25, 0.3) is 28.1 Å². The highest BCUT2D eigenvalue weighted by Crippen LogP contribution is 2.22. The Bertz CT molecular complexity index is 1960. The third-order valence-corrected chi connectivity index (χ3v) is 8.22. The zero-order valence-electron chi connectivity index (χ0n) is 31.9. The molecule has 0 aliphatic rings. The first-order valence-electron chi connectivity index (χ1n) is 17.9. The Morgan fingerprint density at radius 1 is 0.755 bits per heavy atom. The Morgan fingerprint density at radius 3 is 1.94 bits per heavy atom. The maximum absolute atomic E-state index is 6.45. The van der Waals surface area contributed by atoms with Gasteiger partial charge in [-0.2, -0.15) is 0 Å². The number of hydrogen-bond acceptors (Lipinski definition) is 3. The fourth-order valence-electron chi connectivity index (χ4n) is 5.33. The average molecular weight is 702 g/mol. The highest BCUT2D eigenvalue weighted by molar-refractivity contribution is 5.99. The maximum atomic E-state index is 6.45. The zero-order valence-corrected chi connectivity index (χ0v) is 31.9. The molecule has 274 valence electrons. The van der Waals surface area contributed by atoms with Crippen LogP contribution in [-0.4, -0.2) is 12.4 Å². The highest BCUT2D eigenvalue weighted by Gasteiger charge is 2.05. The minimum atomic E-state index is 0. The molecule has 0 saturated heterocycles. The molecule has 0 unspecified atom stereocenters. The Morgan fingerprint density at radius 2 is 1.36 bits per heavy atom. The van der Waals surface area contributed by atoms with Gasteiger partial charge in [0.2, 0.25) is 0 Å². The van der Waals surface area contributed by atoms with Gasteiger partial charge in [-0.3, -0.25) is 9.98 Å². The number of aliphatic imine (C=N–C) groups is 2. The quantitative estimate of drug-likeness (QED) is 0.103. The summed E-state index contributed by atoms with van der Waals surface area (Å²) in [6.07, 6.45) is 17.4. The van der Waals surface area contributed by atoms with Crippen molar-refractivity contribution in [1.82, 2.24) is 0 Å². The van der Waals surface area contributed by atoms with Gasteiger partial charge in [0.15, 0.2) is 0 Å². The van der Waals surface area contributed by atoms with Crippen LogP contribution in [0.2, 0.25) is 0 Å². The summed E-state index contributed by atoms with van der Waals surface area (Å²) in [6, 6.07) is 33.7. The molecular formula is C50H59N3. The lowest BCUT2D eigenvalue weighted by Crippen LogP contribution is -2.00. The largest absolute Gasteiger partial charge is 0.398 e. The molecule has 3 nitrogen and oxygen atoms in total. The minimum absolute atomic E-state index is 0. The van der Waals surface area contributed by atoms with Gasteiger partial charge in [0.1, 0.15) is 0 Å². The van der Waals surface area contributed by atoms with E-state index in [1.165, 1.54) is 27.8 Å². The Balaban J connectivity index is 0.000000480. The molecule has 0 bridgehead atoms. The summed E-state index contributed by atoms with van der Waals surface area (Å²) >= 11 is 0. The summed E-state index contributed by atoms with van der Waals surface area (Å²) < 4.78 is 0. The van der Waals surface area contributed by atoms with Crippen molar-refractivity contribution in [2.45, 2.75) is 61.9 Å². The van der Waals surface area contributed by atoms with E-state index in [1.54, 1.807) is 0 Å². The molecule has 3 heteroatoms. The Kier molecular flexibility index (Phi) is 18.7. The second-order valence-corrected chi connectivity index (χ2v) is 13.0. The van der Waals surface area contributed by atoms with Crippen molar-refractivity contribution in [3.8, 4) is 11.1 Å². The van der Waals surface area contributed by atoms with E-state index in [9.17, 15) is 0 Å². The van der Waals surface area contributed by atoms with E-state index in [4.69, 9.17) is 10.7 Å². The van der Waals surface area contributed by atoms with Crippen LogP contribution >= 0.6 is 0 Å². The van der Waals surface area contributed by atoms with E-state index >= 15 is 0 Å². The van der Waals surface area contributed by atoms with Gasteiger partial charge < -0.3 is 5.73 Å². The van der Waals surface area contributed by atoms with Crippen LogP contribution in [-0.2, 0) is 13.0 Å². The lowest BCUT2D eigenvalue weighted by Gasteiger charge is -2.09. The van der Waals surface area contributed by atoms with Crippen molar-refractivity contribution in [3.63, 3.8) is 0 Å². The monoisotopic (exact) mass is 701 g/mol. The normalized spacial score (nSPS) is 12.2. The SMILES string of the molecule is C.C=C(C)/C=C\Cc1cc(CN=C(C)c2ccc(-c3ccccc3)cc2)cc(/C(N)=C/C=C\C(C)C)c1.C=NC(=C)c1ccc(C(/C=C\C)=C/C)cc1. The molecule has 0 radical (unpaired) electrons. The van der Waals surface area contributed by atoms with E-state index < -0.39 is 0 Å². The van der Waals surface area contributed by atoms with Crippen LogP contribution in [0.3, 0.4) is 0 Å². The third kappa shape index (κ3) is 14.8. The van der Waals surface area contributed by atoms with Crippen LogP contribution in [0.1, 0.15) is 82.3 Å². The molecule has 0 spiro atoms. The number of benzene rings is 4. The minimum Gasteiger partial charge on any atom is -0.398 e. The van der Waals surface area contributed by atoms with Gasteiger partial charge in [-0.15, -0.1) is 0 Å². The number of nitrogens with two attached hydrogens (primary N) is 1. The molecule has 0 heterocycles. The molecule has 0 aromatic heterocycles. The van der Waals surface area contributed by atoms with E-state index in [2.05, 4.69) is 155 Å². The van der Waals surface area contributed by atoms with Crippen molar-refractivity contribution >= 4 is 29.4 Å². The third-order valence-electron chi connectivity index (χ3n) is 8.22. The predicted octanol–water partition coefficient (Wildman–Crippen LogP) is 13.5. The molecule has 4 rings (SSSR count). The van der Waals surface area contributed by atoms with Crippen molar-refractivity contribution < 1.29 is 0 Å². The predicted molar refractivity (Wildman–Crippen MR) is 238 cm³/mol. The molecule has 0 aliphatic heterocycles. The van der Waals surface area contributed by atoms with E-state index in [0.717, 1.165) is 45.7 Å². The number of hydrogen-bond donors (Lipinski definition) is 1. The highest BCUT2D eigenvalue weighted by atomic mass is 14.7. The summed E-state index contributed by atoms with van der Waals surface area (Å²) in [7, 11) is 0. The number of rotatable bonds is 14. The van der Waals surface area contributed by atoms with Gasteiger partial charge in [0.05, 0.1) is 12.2 Å². The molecule has 0 atom stereocenters. The molecule has 4 aromatic rings. The van der Waals surface area contributed by atoms with Crippen molar-refractivity contribution in [3.05, 3.63) is 198 Å². The Labute approximate surface area is 320 Å². The van der Waals surface area contributed by atoms with E-state index in [1.807, 2.05) is 57.2 Å². The molecule has 0 aliphatic carbocycles. The van der Waals surface area contributed by atoms with Gasteiger partial charge in [0, 0.05) is 11.4 Å². The van der Waals surface area contributed by atoms with Crippen LogP contribution < -0.4 is 5.73 Å². The number of allylic oxidation sites excluding steroid dienone is 10. The molecule has 2 N–H and O–H groups in total. The van der Waals surface area contributed by atoms with Crippen molar-refractivity contribution in [1.29, 1.82) is 0 Å². The second-order valence-electron chi connectivity index (χ2n) is 13.0. The van der Waals surface area contributed by atoms with Crippen LogP contribution in [0.4, 0.5) is 0 Å². The second kappa shape index (κ2) is 22.9. The van der Waals surface area contributed by atoms with E-state index in [0.29, 0.717) is 18.2 Å². The topological polar surface area (TPSA) is 50.7 Å². The Hall–Kier alpha value is -5.80. The first-order valence-corrected chi connectivity index (χ1v) is 17.9. The first-order chi connectivity index (χ1) is 25.0. The van der Waals surface area contributed by atoms with Crippen LogP contribution in [0.5, 0.6) is 0 Å². The van der Waals surface area contributed by atoms with Gasteiger partial charge in [-0.1, -0.05) is 167 Å². The lowest BCUT2D eigenvalue weighted by molar-refractivity contribution is 0.832. The molecule has 0 amide bonds. The fraction of sp³-hybridized carbons (Fsp3) is 0.200. The van der Waals surface area contributed by atoms with Crippen LogP contribution in [0, 0.1) is 5.92 Å². The smallest absolute Gasteiger partial charge is 0.0643 e. The summed E-state index contributed by atoms with van der Waals surface area (Å²) in [5.74, 6) is 0.488. The zero-order chi connectivity index (χ0) is 37.9. The van der Waals surface area contributed by atoms with Gasteiger partial charge in [-0.25, -0.2) is 0 Å². The van der Waals surface area contributed by atoms with E-state index in [-0.39, 0.29) is 7.43 Å². The fourth-order valence-corrected chi connectivity index (χ4v) is 5.33. The molecule has 4 aromatic carbocycles. The molecular weight excluding hydrogens is 643 g/mol. The summed E-state index contributed by atoms with van der Waals surface area (Å²) in [5, 5.41) is 0. The van der Waals surface area contributed by atoms with Gasteiger partial charge in [0.25, 0.3) is 0 Å². The first kappa shape index (κ1) is 43.4.